The number of nitrogens with zero attached hydrogens (tertiary/aromatic N) is 5. The SMILES string of the molecule is COc1ccccc1-c1cc(C)ncc1C(=O)N(C)c1nnc(OCc2cccc(CO)n2)s1. The lowest BCUT2D eigenvalue weighted by Crippen LogP contribution is -2.27. The third-order valence-corrected chi connectivity index (χ3v) is 5.94. The Balaban J connectivity index is 1.55. The van der Waals surface area contributed by atoms with Crippen molar-refractivity contribution >= 4 is 22.4 Å². The minimum atomic E-state index is -0.284. The Morgan fingerprint density at radius 1 is 1.09 bits per heavy atom. The fourth-order valence-corrected chi connectivity index (χ4v) is 3.97. The molecule has 0 spiro atoms. The highest BCUT2D eigenvalue weighted by Crippen LogP contribution is 2.34. The molecular weight excluding hydrogens is 454 g/mol. The second kappa shape index (κ2) is 10.4. The van der Waals surface area contributed by atoms with Crippen molar-refractivity contribution in [2.45, 2.75) is 20.1 Å². The molecule has 9 nitrogen and oxygen atoms in total. The first-order valence-corrected chi connectivity index (χ1v) is 11.2. The first-order chi connectivity index (χ1) is 16.5. The van der Waals surface area contributed by atoms with E-state index in [9.17, 15) is 9.90 Å². The van der Waals surface area contributed by atoms with Crippen LogP contribution in [-0.2, 0) is 13.2 Å². The van der Waals surface area contributed by atoms with E-state index >= 15 is 0 Å². The summed E-state index contributed by atoms with van der Waals surface area (Å²) in [5.41, 5.74) is 3.93. The maximum Gasteiger partial charge on any atom is 0.296 e. The number of ether oxygens (including phenoxy) is 2. The second-order valence-corrected chi connectivity index (χ2v) is 8.27. The van der Waals surface area contributed by atoms with Crippen molar-refractivity contribution in [1.29, 1.82) is 0 Å². The van der Waals surface area contributed by atoms with E-state index in [1.807, 2.05) is 37.3 Å². The number of carbonyl (C=O) groups is 1. The first kappa shape index (κ1) is 23.3. The van der Waals surface area contributed by atoms with Crippen LogP contribution in [0, 0.1) is 6.92 Å². The predicted molar refractivity (Wildman–Crippen MR) is 128 cm³/mol. The molecule has 3 aromatic heterocycles. The van der Waals surface area contributed by atoms with Crippen LogP contribution >= 0.6 is 11.3 Å². The van der Waals surface area contributed by atoms with Gasteiger partial charge in [0.1, 0.15) is 12.4 Å². The van der Waals surface area contributed by atoms with E-state index in [0.29, 0.717) is 33.0 Å². The molecule has 10 heteroatoms. The Morgan fingerprint density at radius 2 is 1.88 bits per heavy atom. The molecule has 0 bridgehead atoms. The monoisotopic (exact) mass is 477 g/mol. The van der Waals surface area contributed by atoms with Crippen molar-refractivity contribution in [2.24, 2.45) is 0 Å². The van der Waals surface area contributed by atoms with Gasteiger partial charge in [0.2, 0.25) is 5.13 Å². The number of aromatic nitrogens is 4. The summed E-state index contributed by atoms with van der Waals surface area (Å²) in [5.74, 6) is 0.378. The van der Waals surface area contributed by atoms with E-state index in [4.69, 9.17) is 9.47 Å². The molecule has 0 aliphatic rings. The van der Waals surface area contributed by atoms with Crippen LogP contribution in [0.1, 0.15) is 27.4 Å². The van der Waals surface area contributed by atoms with Gasteiger partial charge in [-0.15, -0.1) is 5.10 Å². The van der Waals surface area contributed by atoms with E-state index in [1.165, 1.54) is 4.90 Å². The molecule has 174 valence electrons. The van der Waals surface area contributed by atoms with Gasteiger partial charge in [0.25, 0.3) is 11.1 Å². The fourth-order valence-electron chi connectivity index (χ4n) is 3.32. The third kappa shape index (κ3) is 5.03. The molecule has 3 heterocycles. The smallest absolute Gasteiger partial charge is 0.296 e. The van der Waals surface area contributed by atoms with Crippen molar-refractivity contribution in [2.75, 3.05) is 19.1 Å². The molecule has 0 aliphatic carbocycles. The van der Waals surface area contributed by atoms with Gasteiger partial charge in [-0.05, 0) is 42.5 Å². The lowest BCUT2D eigenvalue weighted by atomic mass is 9.99. The quantitative estimate of drug-likeness (QED) is 0.409. The zero-order chi connectivity index (χ0) is 24.1. The lowest BCUT2D eigenvalue weighted by molar-refractivity contribution is 0.0993. The van der Waals surface area contributed by atoms with Crippen LogP contribution in [0.4, 0.5) is 5.13 Å². The summed E-state index contributed by atoms with van der Waals surface area (Å²) in [6.07, 6.45) is 1.56. The molecule has 1 amide bonds. The Labute approximate surface area is 200 Å². The van der Waals surface area contributed by atoms with Gasteiger partial charge in [0, 0.05) is 30.1 Å². The topological polar surface area (TPSA) is 111 Å². The summed E-state index contributed by atoms with van der Waals surface area (Å²) < 4.78 is 11.2. The summed E-state index contributed by atoms with van der Waals surface area (Å²) in [6.45, 7) is 1.89. The summed E-state index contributed by atoms with van der Waals surface area (Å²) in [7, 11) is 3.23. The number of rotatable bonds is 8. The number of hydrogen-bond donors (Lipinski definition) is 1. The first-order valence-electron chi connectivity index (χ1n) is 10.4. The average molecular weight is 478 g/mol. The largest absolute Gasteiger partial charge is 0.496 e. The Bertz CT molecular complexity index is 1310. The molecule has 1 aromatic carbocycles. The van der Waals surface area contributed by atoms with Crippen LogP contribution in [0.5, 0.6) is 10.9 Å². The van der Waals surface area contributed by atoms with Crippen molar-refractivity contribution in [3.05, 3.63) is 77.4 Å². The molecule has 0 radical (unpaired) electrons. The Kier molecular flexibility index (Phi) is 7.09. The van der Waals surface area contributed by atoms with Gasteiger partial charge in [0.05, 0.1) is 30.7 Å². The Morgan fingerprint density at radius 3 is 2.68 bits per heavy atom. The Hall–Kier alpha value is -3.89. The minimum absolute atomic E-state index is 0.144. The number of anilines is 1. The highest BCUT2D eigenvalue weighted by molar-refractivity contribution is 7.17. The molecule has 0 saturated heterocycles. The van der Waals surface area contributed by atoms with Gasteiger partial charge in [-0.1, -0.05) is 29.4 Å². The number of pyridine rings is 2. The zero-order valence-electron chi connectivity index (χ0n) is 18.9. The second-order valence-electron chi connectivity index (χ2n) is 7.35. The molecule has 4 rings (SSSR count). The van der Waals surface area contributed by atoms with Gasteiger partial charge >= 0.3 is 0 Å². The van der Waals surface area contributed by atoms with E-state index in [1.54, 1.807) is 38.6 Å². The van der Waals surface area contributed by atoms with Crippen LogP contribution in [-0.4, -0.2) is 45.3 Å². The molecule has 1 N–H and O–H groups in total. The highest BCUT2D eigenvalue weighted by Gasteiger charge is 2.23. The molecule has 0 aliphatic heterocycles. The molecular formula is C24H23N5O4S. The summed E-state index contributed by atoms with van der Waals surface area (Å²) in [4.78, 5) is 23.4. The number of benzene rings is 1. The van der Waals surface area contributed by atoms with Gasteiger partial charge < -0.3 is 14.6 Å². The molecule has 0 unspecified atom stereocenters. The molecule has 0 saturated carbocycles. The van der Waals surface area contributed by atoms with Crippen LogP contribution in [0.3, 0.4) is 0 Å². The number of aliphatic hydroxyl groups is 1. The number of aliphatic hydroxyl groups excluding tert-OH is 1. The van der Waals surface area contributed by atoms with Crippen molar-refractivity contribution in [3.63, 3.8) is 0 Å². The molecule has 0 atom stereocenters. The van der Waals surface area contributed by atoms with Gasteiger partial charge in [-0.25, -0.2) is 0 Å². The molecule has 0 fully saturated rings. The van der Waals surface area contributed by atoms with Crippen molar-refractivity contribution < 1.29 is 19.4 Å². The number of methoxy groups -OCH3 is 1. The summed E-state index contributed by atoms with van der Waals surface area (Å²) >= 11 is 1.14. The third-order valence-electron chi connectivity index (χ3n) is 5.03. The zero-order valence-corrected chi connectivity index (χ0v) is 19.7. The van der Waals surface area contributed by atoms with Gasteiger partial charge in [-0.3, -0.25) is 19.7 Å². The van der Waals surface area contributed by atoms with Crippen molar-refractivity contribution in [1.82, 2.24) is 20.2 Å². The number of carbonyl (C=O) groups excluding carboxylic acids is 1. The highest BCUT2D eigenvalue weighted by atomic mass is 32.1. The minimum Gasteiger partial charge on any atom is -0.496 e. The van der Waals surface area contributed by atoms with Crippen LogP contribution in [0.25, 0.3) is 11.1 Å². The maximum atomic E-state index is 13.4. The van der Waals surface area contributed by atoms with E-state index in [-0.39, 0.29) is 19.1 Å². The number of hydrogen-bond acceptors (Lipinski definition) is 9. The van der Waals surface area contributed by atoms with Crippen LogP contribution in [0.2, 0.25) is 0 Å². The average Bonchev–Trinajstić information content (AvgIpc) is 3.35. The van der Waals surface area contributed by atoms with Gasteiger partial charge in [-0.2, -0.15) is 0 Å². The standard InChI is InChI=1S/C24H23N5O4S/c1-15-11-19(18-9-4-5-10-21(18)32-3)20(12-25-15)22(31)29(2)23-27-28-24(34-23)33-14-17-8-6-7-16(13-30)26-17/h4-12,30H,13-14H2,1-3H3. The van der Waals surface area contributed by atoms with E-state index in [0.717, 1.165) is 28.2 Å². The molecule has 34 heavy (non-hydrogen) atoms. The normalized spacial score (nSPS) is 10.7. The number of para-hydroxylation sites is 1. The summed E-state index contributed by atoms with van der Waals surface area (Å²) in [6, 6.07) is 14.7. The van der Waals surface area contributed by atoms with Crippen molar-refractivity contribution in [3.8, 4) is 22.1 Å². The fraction of sp³-hybridized carbons (Fsp3) is 0.208. The van der Waals surface area contributed by atoms with E-state index in [2.05, 4.69) is 20.2 Å². The summed E-state index contributed by atoms with van der Waals surface area (Å²) in [5, 5.41) is 18.0. The predicted octanol–water partition coefficient (Wildman–Crippen LogP) is 3.66. The lowest BCUT2D eigenvalue weighted by Gasteiger charge is -2.17. The van der Waals surface area contributed by atoms with Gasteiger partial charge in [0.15, 0.2) is 0 Å². The van der Waals surface area contributed by atoms with Crippen LogP contribution < -0.4 is 14.4 Å². The van der Waals surface area contributed by atoms with E-state index < -0.39 is 0 Å². The number of amides is 1. The number of aryl methyl sites for hydroxylation is 1. The molecule has 4 aromatic rings. The maximum absolute atomic E-state index is 13.4. The van der Waals surface area contributed by atoms with Crippen LogP contribution in [0.15, 0.2) is 54.7 Å².